The second kappa shape index (κ2) is 6.12. The van der Waals surface area contributed by atoms with Crippen LogP contribution < -0.4 is 0 Å². The van der Waals surface area contributed by atoms with Crippen molar-refractivity contribution in [3.63, 3.8) is 0 Å². The van der Waals surface area contributed by atoms with Crippen LogP contribution >= 0.6 is 11.8 Å². The topological polar surface area (TPSA) is 29.5 Å². The third-order valence-electron chi connectivity index (χ3n) is 3.73. The van der Waals surface area contributed by atoms with Gasteiger partial charge in [-0.2, -0.15) is 11.8 Å². The largest absolute Gasteiger partial charge is 0.393 e. The number of rotatable bonds is 3. The molecule has 3 heteroatoms. The Morgan fingerprint density at radius 2 is 1.80 bits per heavy atom. The molecule has 88 valence electrons. The van der Waals surface area contributed by atoms with Gasteiger partial charge in [0.2, 0.25) is 0 Å². The van der Waals surface area contributed by atoms with Gasteiger partial charge in [-0.05, 0) is 55.4 Å². The number of hydrogen-bond donors (Lipinski definition) is 1. The van der Waals surface area contributed by atoms with E-state index in [2.05, 4.69) is 11.8 Å². The second-order valence-corrected chi connectivity index (χ2v) is 6.03. The molecule has 15 heavy (non-hydrogen) atoms. The van der Waals surface area contributed by atoms with E-state index in [1.165, 1.54) is 24.3 Å². The summed E-state index contributed by atoms with van der Waals surface area (Å²) in [5.41, 5.74) is 0. The fourth-order valence-corrected chi connectivity index (χ4v) is 3.82. The van der Waals surface area contributed by atoms with Gasteiger partial charge in [0.25, 0.3) is 0 Å². The number of hydrogen-bond acceptors (Lipinski definition) is 3. The minimum absolute atomic E-state index is 0.0676. The molecule has 0 radical (unpaired) electrons. The standard InChI is InChI=1S/C12H22O2S/c13-12(11-1-5-14-6-2-11)9-10-3-7-15-8-4-10/h10-13H,1-9H2. The minimum atomic E-state index is -0.0676. The van der Waals surface area contributed by atoms with Crippen molar-refractivity contribution in [1.82, 2.24) is 0 Å². The normalized spacial score (nSPS) is 27.8. The highest BCUT2D eigenvalue weighted by Crippen LogP contribution is 2.30. The first-order valence-corrected chi connectivity index (χ1v) is 7.35. The van der Waals surface area contributed by atoms with Crippen molar-refractivity contribution in [1.29, 1.82) is 0 Å². The van der Waals surface area contributed by atoms with Crippen LogP contribution in [0.3, 0.4) is 0 Å². The summed E-state index contributed by atoms with van der Waals surface area (Å²) in [4.78, 5) is 0. The molecule has 2 nitrogen and oxygen atoms in total. The lowest BCUT2D eigenvalue weighted by Gasteiger charge is -2.30. The molecule has 0 bridgehead atoms. The molecule has 0 spiro atoms. The molecule has 1 atom stereocenters. The Balaban J connectivity index is 1.72. The molecule has 0 amide bonds. The first kappa shape index (κ1) is 11.7. The maximum Gasteiger partial charge on any atom is 0.0572 e. The highest BCUT2D eigenvalue weighted by Gasteiger charge is 2.25. The zero-order chi connectivity index (χ0) is 10.5. The van der Waals surface area contributed by atoms with E-state index >= 15 is 0 Å². The van der Waals surface area contributed by atoms with Crippen LogP contribution in [0.4, 0.5) is 0 Å². The van der Waals surface area contributed by atoms with Crippen molar-refractivity contribution in [3.05, 3.63) is 0 Å². The molecule has 2 rings (SSSR count). The van der Waals surface area contributed by atoms with E-state index < -0.39 is 0 Å². The summed E-state index contributed by atoms with van der Waals surface area (Å²) >= 11 is 2.06. The average molecular weight is 230 g/mol. The number of aliphatic hydroxyl groups excluding tert-OH is 1. The Kier molecular flexibility index (Phi) is 4.79. The molecule has 2 saturated heterocycles. The molecule has 1 unspecified atom stereocenters. The summed E-state index contributed by atoms with van der Waals surface area (Å²) in [6.07, 6.45) is 5.70. The molecule has 2 heterocycles. The predicted octanol–water partition coefficient (Wildman–Crippen LogP) is 2.31. The highest BCUT2D eigenvalue weighted by molar-refractivity contribution is 7.99. The van der Waals surface area contributed by atoms with Crippen molar-refractivity contribution in [2.45, 2.75) is 38.2 Å². The smallest absolute Gasteiger partial charge is 0.0572 e. The SMILES string of the molecule is OC(CC1CCSCC1)C1CCOCC1. The average Bonchev–Trinajstić information content (AvgIpc) is 2.31. The van der Waals surface area contributed by atoms with E-state index in [-0.39, 0.29) is 6.10 Å². The molecular formula is C12H22O2S. The number of ether oxygens (including phenoxy) is 1. The zero-order valence-electron chi connectivity index (χ0n) is 9.36. The summed E-state index contributed by atoms with van der Waals surface area (Å²) < 4.78 is 5.33. The Morgan fingerprint density at radius 1 is 1.13 bits per heavy atom. The van der Waals surface area contributed by atoms with Gasteiger partial charge in [-0.25, -0.2) is 0 Å². The van der Waals surface area contributed by atoms with E-state index in [0.717, 1.165) is 38.4 Å². The lowest BCUT2D eigenvalue weighted by molar-refractivity contribution is -0.00178. The van der Waals surface area contributed by atoms with Gasteiger partial charge in [0.05, 0.1) is 6.10 Å². The summed E-state index contributed by atoms with van der Waals surface area (Å²) in [6, 6.07) is 0. The van der Waals surface area contributed by atoms with Crippen molar-refractivity contribution in [2.75, 3.05) is 24.7 Å². The predicted molar refractivity (Wildman–Crippen MR) is 64.2 cm³/mol. The Labute approximate surface area is 96.8 Å². The van der Waals surface area contributed by atoms with Crippen LogP contribution in [0.2, 0.25) is 0 Å². The first-order chi connectivity index (χ1) is 7.36. The zero-order valence-corrected chi connectivity index (χ0v) is 10.2. The van der Waals surface area contributed by atoms with E-state index in [9.17, 15) is 5.11 Å². The van der Waals surface area contributed by atoms with Gasteiger partial charge in [-0.3, -0.25) is 0 Å². The Hall–Kier alpha value is 0.270. The van der Waals surface area contributed by atoms with Gasteiger partial charge < -0.3 is 9.84 Å². The monoisotopic (exact) mass is 230 g/mol. The van der Waals surface area contributed by atoms with Crippen LogP contribution in [-0.2, 0) is 4.74 Å². The molecule has 0 aliphatic carbocycles. The maximum atomic E-state index is 10.2. The second-order valence-electron chi connectivity index (χ2n) is 4.81. The quantitative estimate of drug-likeness (QED) is 0.807. The van der Waals surface area contributed by atoms with Gasteiger partial charge in [-0.15, -0.1) is 0 Å². The van der Waals surface area contributed by atoms with Crippen molar-refractivity contribution in [3.8, 4) is 0 Å². The molecule has 0 aromatic rings. The molecule has 2 aliphatic rings. The van der Waals surface area contributed by atoms with Crippen molar-refractivity contribution in [2.24, 2.45) is 11.8 Å². The summed E-state index contributed by atoms with van der Waals surface area (Å²) in [6.45, 7) is 1.70. The first-order valence-electron chi connectivity index (χ1n) is 6.20. The van der Waals surface area contributed by atoms with Crippen molar-refractivity contribution >= 4 is 11.8 Å². The molecule has 0 saturated carbocycles. The van der Waals surface area contributed by atoms with Crippen LogP contribution in [0.15, 0.2) is 0 Å². The minimum Gasteiger partial charge on any atom is -0.393 e. The van der Waals surface area contributed by atoms with E-state index in [1.54, 1.807) is 0 Å². The van der Waals surface area contributed by atoms with Crippen LogP contribution in [0.5, 0.6) is 0 Å². The van der Waals surface area contributed by atoms with Gasteiger partial charge in [-0.1, -0.05) is 0 Å². The molecule has 1 N–H and O–H groups in total. The van der Waals surface area contributed by atoms with Gasteiger partial charge >= 0.3 is 0 Å². The van der Waals surface area contributed by atoms with Gasteiger partial charge in [0.15, 0.2) is 0 Å². The highest BCUT2D eigenvalue weighted by atomic mass is 32.2. The number of thioether (sulfide) groups is 1. The summed E-state index contributed by atoms with van der Waals surface area (Å²) in [7, 11) is 0. The van der Waals surface area contributed by atoms with Crippen LogP contribution in [-0.4, -0.2) is 35.9 Å². The van der Waals surface area contributed by atoms with Crippen molar-refractivity contribution < 1.29 is 9.84 Å². The van der Waals surface area contributed by atoms with E-state index in [0.29, 0.717) is 5.92 Å². The van der Waals surface area contributed by atoms with Gasteiger partial charge in [0.1, 0.15) is 0 Å². The van der Waals surface area contributed by atoms with Crippen LogP contribution in [0.25, 0.3) is 0 Å². The molecule has 2 aliphatic heterocycles. The number of aliphatic hydroxyl groups is 1. The van der Waals surface area contributed by atoms with Crippen LogP contribution in [0, 0.1) is 11.8 Å². The molecular weight excluding hydrogens is 208 g/mol. The van der Waals surface area contributed by atoms with Crippen LogP contribution in [0.1, 0.15) is 32.1 Å². The molecule has 0 aromatic carbocycles. The lowest BCUT2D eigenvalue weighted by Crippen LogP contribution is -2.29. The fraction of sp³-hybridized carbons (Fsp3) is 1.00. The third kappa shape index (κ3) is 3.65. The summed E-state index contributed by atoms with van der Waals surface area (Å²) in [5.74, 6) is 3.88. The van der Waals surface area contributed by atoms with E-state index in [1.807, 2.05) is 0 Å². The van der Waals surface area contributed by atoms with E-state index in [4.69, 9.17) is 4.74 Å². The lowest BCUT2D eigenvalue weighted by atomic mass is 9.86. The third-order valence-corrected chi connectivity index (χ3v) is 4.77. The van der Waals surface area contributed by atoms with Gasteiger partial charge in [0, 0.05) is 13.2 Å². The molecule has 2 fully saturated rings. The Bertz CT molecular complexity index is 174. The maximum absolute atomic E-state index is 10.2. The Morgan fingerprint density at radius 3 is 2.47 bits per heavy atom. The fourth-order valence-electron chi connectivity index (χ4n) is 2.62. The summed E-state index contributed by atoms with van der Waals surface area (Å²) in [5, 5.41) is 10.2. The molecule has 0 aromatic heterocycles.